The Bertz CT molecular complexity index is 609. The molecule has 4 aliphatic rings. The predicted octanol–water partition coefficient (Wildman–Crippen LogP) is 4.57. The fourth-order valence-electron chi connectivity index (χ4n) is 6.73. The van der Waals surface area contributed by atoms with E-state index in [0.717, 1.165) is 51.4 Å². The molecule has 4 fully saturated rings. The molecule has 5 nitrogen and oxygen atoms in total. The summed E-state index contributed by atoms with van der Waals surface area (Å²) in [4.78, 5) is 19.5. The van der Waals surface area contributed by atoms with Gasteiger partial charge in [0, 0.05) is 57.8 Å². The molecule has 7 heteroatoms. The quantitative estimate of drug-likeness (QED) is 0.676. The molecule has 2 atom stereocenters. The van der Waals surface area contributed by atoms with E-state index in [-0.39, 0.29) is 18.5 Å². The van der Waals surface area contributed by atoms with Crippen molar-refractivity contribution in [1.29, 1.82) is 0 Å². The summed E-state index contributed by atoms with van der Waals surface area (Å²) in [5, 5.41) is 2.84. The first-order chi connectivity index (χ1) is 15.3. The SMILES string of the molecule is CC(C)N1CCN(C2CCCC(F)(F)[C@@H]2NC(=O)N2CCC(C3CCCCC3)CC2)CC1. The molecule has 2 saturated carbocycles. The lowest BCUT2D eigenvalue weighted by Crippen LogP contribution is -2.66. The third-order valence-electron chi connectivity index (χ3n) is 8.82. The number of amides is 2. The van der Waals surface area contributed by atoms with Gasteiger partial charge >= 0.3 is 6.03 Å². The first-order valence-corrected chi connectivity index (χ1v) is 13.3. The van der Waals surface area contributed by atoms with Crippen LogP contribution in [-0.2, 0) is 0 Å². The minimum absolute atomic E-state index is 0.121. The highest BCUT2D eigenvalue weighted by Gasteiger charge is 2.50. The van der Waals surface area contributed by atoms with Crippen LogP contribution in [0.25, 0.3) is 0 Å². The number of carbonyl (C=O) groups is 1. The third-order valence-corrected chi connectivity index (χ3v) is 8.82. The Kier molecular flexibility index (Phi) is 7.97. The Balaban J connectivity index is 1.33. The van der Waals surface area contributed by atoms with Gasteiger partial charge < -0.3 is 10.2 Å². The maximum Gasteiger partial charge on any atom is 0.317 e. The Hall–Kier alpha value is -0.950. The van der Waals surface area contributed by atoms with E-state index in [1.165, 1.54) is 32.1 Å². The van der Waals surface area contributed by atoms with Gasteiger partial charge in [0.1, 0.15) is 6.04 Å². The summed E-state index contributed by atoms with van der Waals surface area (Å²) in [6, 6.07) is -1.14. The summed E-state index contributed by atoms with van der Waals surface area (Å²) in [5.74, 6) is -1.32. The lowest BCUT2D eigenvalue weighted by Gasteiger charge is -2.48. The van der Waals surface area contributed by atoms with Crippen molar-refractivity contribution in [1.82, 2.24) is 20.0 Å². The molecule has 0 spiro atoms. The molecule has 1 unspecified atom stereocenters. The predicted molar refractivity (Wildman–Crippen MR) is 124 cm³/mol. The van der Waals surface area contributed by atoms with E-state index < -0.39 is 12.0 Å². The summed E-state index contributed by atoms with van der Waals surface area (Å²) in [6.07, 6.45) is 9.91. The van der Waals surface area contributed by atoms with Crippen LogP contribution in [-0.4, -0.2) is 84.0 Å². The standard InChI is InChI=1S/C25H44F2N4O/c1-19(2)29-15-17-30(18-16-29)22-9-6-12-25(26,27)23(22)28-24(32)31-13-10-21(11-14-31)20-7-4-3-5-8-20/h19-23H,3-18H2,1-2H3,(H,28,32)/t22?,23-/m1/s1. The van der Waals surface area contributed by atoms with Gasteiger partial charge in [-0.3, -0.25) is 9.80 Å². The van der Waals surface area contributed by atoms with Crippen molar-refractivity contribution in [2.24, 2.45) is 11.8 Å². The van der Waals surface area contributed by atoms with Gasteiger partial charge in [0.25, 0.3) is 5.92 Å². The van der Waals surface area contributed by atoms with Crippen LogP contribution in [0.15, 0.2) is 0 Å². The summed E-state index contributed by atoms with van der Waals surface area (Å²) in [5.41, 5.74) is 0. The Labute approximate surface area is 193 Å². The molecule has 2 aliphatic heterocycles. The molecular weight excluding hydrogens is 410 g/mol. The van der Waals surface area contributed by atoms with Gasteiger partial charge in [0.15, 0.2) is 0 Å². The average molecular weight is 455 g/mol. The van der Waals surface area contributed by atoms with Crippen molar-refractivity contribution in [2.75, 3.05) is 39.3 Å². The number of piperazine rings is 1. The lowest BCUT2D eigenvalue weighted by molar-refractivity contribution is -0.0973. The second-order valence-electron chi connectivity index (χ2n) is 11.0. The Morgan fingerprint density at radius 1 is 0.844 bits per heavy atom. The number of halogens is 2. The summed E-state index contributed by atoms with van der Waals surface area (Å²) in [7, 11) is 0. The van der Waals surface area contributed by atoms with Gasteiger partial charge in [0.2, 0.25) is 0 Å². The van der Waals surface area contributed by atoms with Crippen LogP contribution in [0.3, 0.4) is 0 Å². The number of urea groups is 1. The van der Waals surface area contributed by atoms with Crippen molar-refractivity contribution >= 4 is 6.03 Å². The molecule has 0 bridgehead atoms. The molecule has 0 aromatic rings. The highest BCUT2D eigenvalue weighted by molar-refractivity contribution is 5.75. The van der Waals surface area contributed by atoms with Gasteiger partial charge in [-0.2, -0.15) is 0 Å². The van der Waals surface area contributed by atoms with Gasteiger partial charge in [-0.1, -0.05) is 32.1 Å². The number of likely N-dealkylation sites (tertiary alicyclic amines) is 1. The molecule has 184 valence electrons. The molecule has 2 aliphatic carbocycles. The molecule has 0 aromatic heterocycles. The van der Waals surface area contributed by atoms with Crippen molar-refractivity contribution in [2.45, 2.75) is 102 Å². The van der Waals surface area contributed by atoms with E-state index >= 15 is 8.78 Å². The highest BCUT2D eigenvalue weighted by Crippen LogP contribution is 2.38. The van der Waals surface area contributed by atoms with Crippen LogP contribution in [0.4, 0.5) is 13.6 Å². The maximum atomic E-state index is 15.0. The van der Waals surface area contributed by atoms with Crippen LogP contribution in [0, 0.1) is 11.8 Å². The minimum atomic E-state index is -2.84. The van der Waals surface area contributed by atoms with E-state index in [9.17, 15) is 4.79 Å². The Morgan fingerprint density at radius 2 is 1.47 bits per heavy atom. The van der Waals surface area contributed by atoms with Gasteiger partial charge in [-0.25, -0.2) is 13.6 Å². The third kappa shape index (κ3) is 5.57. The molecule has 2 heterocycles. The topological polar surface area (TPSA) is 38.8 Å². The number of alkyl halides is 2. The number of nitrogens with zero attached hydrogens (tertiary/aromatic N) is 3. The number of hydrogen-bond acceptors (Lipinski definition) is 3. The summed E-state index contributed by atoms with van der Waals surface area (Å²) in [6.45, 7) is 9.22. The largest absolute Gasteiger partial charge is 0.328 e. The molecule has 2 saturated heterocycles. The van der Waals surface area contributed by atoms with Gasteiger partial charge in [-0.15, -0.1) is 0 Å². The molecule has 0 aromatic carbocycles. The average Bonchev–Trinajstić information content (AvgIpc) is 2.81. The van der Waals surface area contributed by atoms with Crippen LogP contribution >= 0.6 is 0 Å². The number of rotatable bonds is 4. The van der Waals surface area contributed by atoms with Crippen molar-refractivity contribution in [3.63, 3.8) is 0 Å². The second kappa shape index (κ2) is 10.5. The zero-order valence-corrected chi connectivity index (χ0v) is 20.2. The normalized spacial score (nSPS) is 31.7. The molecule has 4 rings (SSSR count). The van der Waals surface area contributed by atoms with Crippen molar-refractivity contribution in [3.8, 4) is 0 Å². The van der Waals surface area contributed by atoms with Crippen LogP contribution in [0.5, 0.6) is 0 Å². The fraction of sp³-hybridized carbons (Fsp3) is 0.960. The zero-order valence-electron chi connectivity index (χ0n) is 20.2. The van der Waals surface area contributed by atoms with E-state index in [1.54, 1.807) is 4.90 Å². The number of hydrogen-bond donors (Lipinski definition) is 1. The first-order valence-electron chi connectivity index (χ1n) is 13.3. The lowest BCUT2D eigenvalue weighted by atomic mass is 9.76. The molecule has 2 amide bonds. The molecule has 1 N–H and O–H groups in total. The fourth-order valence-corrected chi connectivity index (χ4v) is 6.73. The van der Waals surface area contributed by atoms with Crippen molar-refractivity contribution < 1.29 is 13.6 Å². The number of carbonyl (C=O) groups excluding carboxylic acids is 1. The monoisotopic (exact) mass is 454 g/mol. The molecule has 32 heavy (non-hydrogen) atoms. The van der Waals surface area contributed by atoms with E-state index in [4.69, 9.17) is 0 Å². The Morgan fingerprint density at radius 3 is 2.09 bits per heavy atom. The van der Waals surface area contributed by atoms with Crippen LogP contribution in [0.1, 0.15) is 78.1 Å². The highest BCUT2D eigenvalue weighted by atomic mass is 19.3. The van der Waals surface area contributed by atoms with Gasteiger partial charge in [0.05, 0.1) is 0 Å². The summed E-state index contributed by atoms with van der Waals surface area (Å²) >= 11 is 0. The first kappa shape index (κ1) is 24.2. The van der Waals surface area contributed by atoms with E-state index in [0.29, 0.717) is 31.5 Å². The number of piperidine rings is 1. The van der Waals surface area contributed by atoms with Crippen molar-refractivity contribution in [3.05, 3.63) is 0 Å². The smallest absolute Gasteiger partial charge is 0.317 e. The van der Waals surface area contributed by atoms with E-state index in [1.807, 2.05) is 0 Å². The summed E-state index contributed by atoms with van der Waals surface area (Å²) < 4.78 is 30.1. The maximum absolute atomic E-state index is 15.0. The van der Waals surface area contributed by atoms with Crippen LogP contribution in [0.2, 0.25) is 0 Å². The zero-order chi connectivity index (χ0) is 22.7. The number of nitrogens with one attached hydrogen (secondary N) is 1. The molecular formula is C25H44F2N4O. The molecule has 0 radical (unpaired) electrons. The van der Waals surface area contributed by atoms with Crippen LogP contribution < -0.4 is 5.32 Å². The van der Waals surface area contributed by atoms with E-state index in [2.05, 4.69) is 29.0 Å². The van der Waals surface area contributed by atoms with Gasteiger partial charge in [-0.05, 0) is 51.4 Å². The second-order valence-corrected chi connectivity index (χ2v) is 11.0. The minimum Gasteiger partial charge on any atom is -0.328 e.